The van der Waals surface area contributed by atoms with Gasteiger partial charge in [0.15, 0.2) is 5.96 Å². The molecule has 0 unspecified atom stereocenters. The molecule has 0 aliphatic heterocycles. The van der Waals surface area contributed by atoms with Crippen molar-refractivity contribution < 1.29 is 0 Å². The Kier molecular flexibility index (Phi) is 10.9. The maximum Gasteiger partial charge on any atom is 0.185 e. The van der Waals surface area contributed by atoms with Gasteiger partial charge in [0.2, 0.25) is 0 Å². The molecule has 0 aliphatic carbocycles. The van der Waals surface area contributed by atoms with Gasteiger partial charge in [-0.05, 0) is 10.8 Å². The van der Waals surface area contributed by atoms with Crippen LogP contribution in [-0.2, 0) is 0 Å². The summed E-state index contributed by atoms with van der Waals surface area (Å²) in [7, 11) is 1.54. The minimum atomic E-state index is 0. The van der Waals surface area contributed by atoms with Gasteiger partial charge in [0.1, 0.15) is 0 Å². The highest BCUT2D eigenvalue weighted by Gasteiger charge is 1.61. The van der Waals surface area contributed by atoms with Crippen molar-refractivity contribution in [3.63, 3.8) is 0 Å². The van der Waals surface area contributed by atoms with Crippen LogP contribution >= 0.6 is 23.7 Å². The molecule has 0 radical (unpaired) electrons. The molecule has 11 heavy (non-hydrogen) atoms. The van der Waals surface area contributed by atoms with Crippen LogP contribution < -0.4 is 11.5 Å². The molecule has 0 atom stereocenters. The number of halogens is 1. The van der Waals surface area contributed by atoms with Crippen LogP contribution in [0.1, 0.15) is 0 Å². The third-order valence-electron chi connectivity index (χ3n) is 0.684. The first-order chi connectivity index (χ1) is 4.77. The van der Waals surface area contributed by atoms with E-state index in [0.29, 0.717) is 0 Å². The predicted molar refractivity (Wildman–Crippen MR) is 53.3 cm³/mol. The van der Waals surface area contributed by atoms with Crippen LogP contribution in [-0.4, -0.2) is 13.0 Å². The fourth-order valence-corrected chi connectivity index (χ4v) is 0.680. The Morgan fingerprint density at radius 2 is 1.64 bits per heavy atom. The van der Waals surface area contributed by atoms with E-state index in [4.69, 9.17) is 11.5 Å². The summed E-state index contributed by atoms with van der Waals surface area (Å²) in [4.78, 5) is 3.36. The first kappa shape index (κ1) is 12.9. The average molecular weight is 194 g/mol. The summed E-state index contributed by atoms with van der Waals surface area (Å²) in [5.41, 5.74) is 9.64. The van der Waals surface area contributed by atoms with Crippen molar-refractivity contribution in [3.8, 4) is 0 Å². The molecule has 0 saturated carbocycles. The molecule has 1 heterocycles. The highest BCUT2D eigenvalue weighted by molar-refractivity contribution is 7.07. The Labute approximate surface area is 76.5 Å². The van der Waals surface area contributed by atoms with E-state index in [2.05, 4.69) is 4.99 Å². The van der Waals surface area contributed by atoms with Crippen LogP contribution in [0.5, 0.6) is 0 Å². The normalized spacial score (nSPS) is 6.64. The number of hydrogen-bond donors (Lipinski definition) is 2. The van der Waals surface area contributed by atoms with Crippen LogP contribution in [0.4, 0.5) is 0 Å². The maximum atomic E-state index is 4.82. The van der Waals surface area contributed by atoms with Crippen LogP contribution in [0.15, 0.2) is 27.9 Å². The van der Waals surface area contributed by atoms with Gasteiger partial charge in [-0.25, -0.2) is 0 Å². The molecule has 0 bridgehead atoms. The quantitative estimate of drug-likeness (QED) is 0.478. The number of nitrogens with two attached hydrogens (primary N) is 2. The zero-order chi connectivity index (χ0) is 7.82. The third kappa shape index (κ3) is 12.5. The second kappa shape index (κ2) is 9.26. The second-order valence-electron chi connectivity index (χ2n) is 1.44. The standard InChI is InChI=1S/C4H4S.C2H7N3.ClH/c1-2-4-5-3-1;1-5-2(3)4;/h1-4H;1H3,(H4,3,4,5);1H. The zero-order valence-electron chi connectivity index (χ0n) is 6.23. The minimum absolute atomic E-state index is 0. The molecule has 0 saturated heterocycles. The first-order valence-electron chi connectivity index (χ1n) is 2.72. The van der Waals surface area contributed by atoms with E-state index in [1.807, 2.05) is 22.9 Å². The van der Waals surface area contributed by atoms with Crippen molar-refractivity contribution in [2.45, 2.75) is 0 Å². The van der Waals surface area contributed by atoms with Gasteiger partial charge in [-0.3, -0.25) is 4.99 Å². The number of aliphatic imine (C=N–C) groups is 1. The van der Waals surface area contributed by atoms with Crippen LogP contribution in [0.25, 0.3) is 0 Å². The smallest absolute Gasteiger partial charge is 0.185 e. The summed E-state index contributed by atoms with van der Waals surface area (Å²) < 4.78 is 0. The van der Waals surface area contributed by atoms with Crippen LogP contribution in [0, 0.1) is 0 Å². The topological polar surface area (TPSA) is 64.4 Å². The Balaban J connectivity index is 0. The van der Waals surface area contributed by atoms with E-state index in [-0.39, 0.29) is 18.4 Å². The van der Waals surface area contributed by atoms with Crippen molar-refractivity contribution >= 4 is 29.7 Å². The summed E-state index contributed by atoms with van der Waals surface area (Å²) in [6, 6.07) is 4.04. The molecular formula is C6H12ClN3S. The lowest BCUT2D eigenvalue weighted by atomic mass is 10.7. The van der Waals surface area contributed by atoms with Crippen molar-refractivity contribution in [1.82, 2.24) is 0 Å². The van der Waals surface area contributed by atoms with E-state index < -0.39 is 0 Å². The van der Waals surface area contributed by atoms with Crippen LogP contribution in [0.2, 0.25) is 0 Å². The van der Waals surface area contributed by atoms with Gasteiger partial charge in [-0.2, -0.15) is 11.3 Å². The van der Waals surface area contributed by atoms with Gasteiger partial charge >= 0.3 is 0 Å². The Bertz CT molecular complexity index is 153. The second-order valence-corrected chi connectivity index (χ2v) is 2.26. The lowest BCUT2D eigenvalue weighted by Gasteiger charge is -1.77. The Morgan fingerprint density at radius 3 is 1.73 bits per heavy atom. The number of guanidine groups is 1. The largest absolute Gasteiger partial charge is 0.370 e. The number of nitrogens with zero attached hydrogens (tertiary/aromatic N) is 1. The molecule has 0 aliphatic rings. The number of rotatable bonds is 0. The van der Waals surface area contributed by atoms with E-state index in [1.54, 1.807) is 11.3 Å². The van der Waals surface area contributed by atoms with E-state index in [1.165, 1.54) is 7.05 Å². The number of hydrogen-bond acceptors (Lipinski definition) is 2. The summed E-state index contributed by atoms with van der Waals surface area (Å²) >= 11 is 1.71. The SMILES string of the molecule is CN=C(N)N.Cl.c1ccsc1. The molecule has 64 valence electrons. The summed E-state index contributed by atoms with van der Waals surface area (Å²) in [5, 5.41) is 4.08. The lowest BCUT2D eigenvalue weighted by Crippen LogP contribution is -2.21. The molecule has 0 fully saturated rings. The highest BCUT2D eigenvalue weighted by Crippen LogP contribution is 1.91. The summed E-state index contributed by atoms with van der Waals surface area (Å²) in [6.45, 7) is 0. The lowest BCUT2D eigenvalue weighted by molar-refractivity contribution is 1.36. The highest BCUT2D eigenvalue weighted by atomic mass is 35.5. The predicted octanol–water partition coefficient (Wildman–Crippen LogP) is 1.06. The van der Waals surface area contributed by atoms with Gasteiger partial charge in [0.05, 0.1) is 0 Å². The van der Waals surface area contributed by atoms with Gasteiger partial charge in [-0.15, -0.1) is 12.4 Å². The molecule has 1 rings (SSSR count). The van der Waals surface area contributed by atoms with Gasteiger partial charge in [-0.1, -0.05) is 12.1 Å². The molecule has 1 aromatic heterocycles. The minimum Gasteiger partial charge on any atom is -0.370 e. The fourth-order valence-electron chi connectivity index (χ4n) is 0.227. The van der Waals surface area contributed by atoms with Gasteiger partial charge in [0, 0.05) is 7.05 Å². The maximum absolute atomic E-state index is 4.82. The van der Waals surface area contributed by atoms with E-state index >= 15 is 0 Å². The molecule has 0 spiro atoms. The van der Waals surface area contributed by atoms with Gasteiger partial charge in [0.25, 0.3) is 0 Å². The first-order valence-corrected chi connectivity index (χ1v) is 3.66. The fraction of sp³-hybridized carbons (Fsp3) is 0.167. The molecule has 4 N–H and O–H groups in total. The average Bonchev–Trinajstić information content (AvgIpc) is 2.43. The van der Waals surface area contributed by atoms with E-state index in [0.717, 1.165) is 0 Å². The molecular weight excluding hydrogens is 182 g/mol. The van der Waals surface area contributed by atoms with Crippen LogP contribution in [0.3, 0.4) is 0 Å². The Hall–Kier alpha value is -0.740. The molecule has 0 aromatic carbocycles. The molecule has 0 amide bonds. The van der Waals surface area contributed by atoms with Crippen molar-refractivity contribution in [2.24, 2.45) is 16.5 Å². The monoisotopic (exact) mass is 193 g/mol. The van der Waals surface area contributed by atoms with E-state index in [9.17, 15) is 0 Å². The third-order valence-corrected chi connectivity index (χ3v) is 1.31. The van der Waals surface area contributed by atoms with Crippen molar-refractivity contribution in [3.05, 3.63) is 22.9 Å². The summed E-state index contributed by atoms with van der Waals surface area (Å²) in [6.07, 6.45) is 0. The summed E-state index contributed by atoms with van der Waals surface area (Å²) in [5.74, 6) is 0.130. The molecule has 1 aromatic rings. The Morgan fingerprint density at radius 1 is 1.27 bits per heavy atom. The molecule has 5 heteroatoms. The number of thiophene rings is 1. The van der Waals surface area contributed by atoms with Gasteiger partial charge < -0.3 is 11.5 Å². The molecule has 3 nitrogen and oxygen atoms in total. The van der Waals surface area contributed by atoms with Crippen molar-refractivity contribution in [2.75, 3.05) is 7.05 Å². The van der Waals surface area contributed by atoms with Crippen molar-refractivity contribution in [1.29, 1.82) is 0 Å². The zero-order valence-corrected chi connectivity index (χ0v) is 7.86.